The summed E-state index contributed by atoms with van der Waals surface area (Å²) in [5.74, 6) is -0.0222. The highest BCUT2D eigenvalue weighted by atomic mass is 16.4. The van der Waals surface area contributed by atoms with E-state index in [1.54, 1.807) is 6.20 Å². The summed E-state index contributed by atoms with van der Waals surface area (Å²) in [7, 11) is 0. The van der Waals surface area contributed by atoms with Crippen LogP contribution in [0.15, 0.2) is 36.7 Å². The number of rotatable bonds is 4. The molecule has 0 saturated carbocycles. The number of hydrogen-bond donors (Lipinski definition) is 1. The van der Waals surface area contributed by atoms with E-state index in [0.29, 0.717) is 6.42 Å². The third-order valence-corrected chi connectivity index (χ3v) is 2.65. The first-order chi connectivity index (χ1) is 8.18. The van der Waals surface area contributed by atoms with E-state index in [4.69, 9.17) is 5.11 Å². The number of carboxylic acids is 1. The van der Waals surface area contributed by atoms with Crippen molar-refractivity contribution in [2.24, 2.45) is 0 Å². The molecule has 0 aliphatic heterocycles. The van der Waals surface area contributed by atoms with Gasteiger partial charge in [-0.05, 0) is 18.6 Å². The number of aryl methyl sites for hydroxylation is 2. The van der Waals surface area contributed by atoms with E-state index in [1.807, 2.05) is 42.0 Å². The van der Waals surface area contributed by atoms with Crippen LogP contribution in [-0.4, -0.2) is 20.6 Å². The number of para-hydroxylation sites is 1. The second kappa shape index (κ2) is 4.82. The molecule has 4 nitrogen and oxygen atoms in total. The zero-order chi connectivity index (χ0) is 12.3. The SMILES string of the molecule is Cc1ccccc1-n1ccnc1CCC(=O)O. The van der Waals surface area contributed by atoms with Crippen LogP contribution in [0, 0.1) is 6.92 Å². The number of carboxylic acid groups (broad SMARTS) is 1. The Hall–Kier alpha value is -2.10. The molecule has 88 valence electrons. The van der Waals surface area contributed by atoms with E-state index in [1.165, 1.54) is 0 Å². The Morgan fingerprint density at radius 3 is 2.88 bits per heavy atom. The molecule has 0 bridgehead atoms. The van der Waals surface area contributed by atoms with Crippen molar-refractivity contribution in [2.75, 3.05) is 0 Å². The Morgan fingerprint density at radius 1 is 1.41 bits per heavy atom. The highest BCUT2D eigenvalue weighted by molar-refractivity contribution is 5.66. The maximum Gasteiger partial charge on any atom is 0.303 e. The lowest BCUT2D eigenvalue weighted by molar-refractivity contribution is -0.137. The number of hydrogen-bond acceptors (Lipinski definition) is 2. The molecule has 1 aromatic carbocycles. The summed E-state index contributed by atoms with van der Waals surface area (Å²) < 4.78 is 1.94. The Kier molecular flexibility index (Phi) is 3.23. The molecule has 0 aliphatic rings. The summed E-state index contributed by atoms with van der Waals surface area (Å²) >= 11 is 0. The number of benzene rings is 1. The fourth-order valence-electron chi connectivity index (χ4n) is 1.79. The first-order valence-electron chi connectivity index (χ1n) is 5.48. The van der Waals surface area contributed by atoms with Gasteiger partial charge in [0.25, 0.3) is 0 Å². The molecule has 0 aliphatic carbocycles. The average Bonchev–Trinajstić information content (AvgIpc) is 2.75. The van der Waals surface area contributed by atoms with Gasteiger partial charge in [0.05, 0.1) is 6.42 Å². The third kappa shape index (κ3) is 2.53. The number of carbonyl (C=O) groups is 1. The first kappa shape index (κ1) is 11.4. The minimum atomic E-state index is -0.802. The lowest BCUT2D eigenvalue weighted by atomic mass is 10.2. The van der Waals surface area contributed by atoms with Gasteiger partial charge in [-0.3, -0.25) is 4.79 Å². The number of nitrogens with zero attached hydrogens (tertiary/aromatic N) is 2. The van der Waals surface area contributed by atoms with Gasteiger partial charge in [-0.25, -0.2) is 4.98 Å². The molecule has 0 unspecified atom stereocenters. The van der Waals surface area contributed by atoms with E-state index < -0.39 is 5.97 Å². The highest BCUT2D eigenvalue weighted by Gasteiger charge is 2.08. The normalized spacial score (nSPS) is 10.4. The number of aromatic nitrogens is 2. The monoisotopic (exact) mass is 230 g/mol. The number of aliphatic carboxylic acids is 1. The molecule has 1 heterocycles. The van der Waals surface area contributed by atoms with Crippen molar-refractivity contribution in [3.63, 3.8) is 0 Å². The van der Waals surface area contributed by atoms with Crippen LogP contribution in [0.4, 0.5) is 0 Å². The Morgan fingerprint density at radius 2 is 2.18 bits per heavy atom. The third-order valence-electron chi connectivity index (χ3n) is 2.65. The van der Waals surface area contributed by atoms with Crippen molar-refractivity contribution < 1.29 is 9.90 Å². The highest BCUT2D eigenvalue weighted by Crippen LogP contribution is 2.16. The second-order valence-corrected chi connectivity index (χ2v) is 3.89. The Labute approximate surface area is 99.5 Å². The standard InChI is InChI=1S/C13H14N2O2/c1-10-4-2-3-5-11(10)15-9-8-14-12(15)6-7-13(16)17/h2-5,8-9H,6-7H2,1H3,(H,16,17). The van der Waals surface area contributed by atoms with Gasteiger partial charge in [0.2, 0.25) is 0 Å². The van der Waals surface area contributed by atoms with Crippen LogP contribution >= 0.6 is 0 Å². The molecule has 0 atom stereocenters. The summed E-state index contributed by atoms with van der Waals surface area (Å²) in [4.78, 5) is 14.8. The fraction of sp³-hybridized carbons (Fsp3) is 0.231. The van der Waals surface area contributed by atoms with Crippen LogP contribution in [0.3, 0.4) is 0 Å². The van der Waals surface area contributed by atoms with E-state index in [0.717, 1.165) is 17.1 Å². The van der Waals surface area contributed by atoms with E-state index in [9.17, 15) is 4.79 Å². The summed E-state index contributed by atoms with van der Waals surface area (Å²) in [6, 6.07) is 7.97. The van der Waals surface area contributed by atoms with Gasteiger partial charge in [0.1, 0.15) is 5.82 Å². The molecule has 4 heteroatoms. The maximum atomic E-state index is 10.6. The zero-order valence-corrected chi connectivity index (χ0v) is 9.63. The van der Waals surface area contributed by atoms with E-state index in [-0.39, 0.29) is 6.42 Å². The van der Waals surface area contributed by atoms with Crippen molar-refractivity contribution in [3.8, 4) is 5.69 Å². The molecule has 1 aromatic heterocycles. The van der Waals surface area contributed by atoms with Crippen molar-refractivity contribution >= 4 is 5.97 Å². The number of imidazole rings is 1. The summed E-state index contributed by atoms with van der Waals surface area (Å²) in [6.45, 7) is 2.02. The predicted octanol–water partition coefficient (Wildman–Crippen LogP) is 2.20. The smallest absolute Gasteiger partial charge is 0.303 e. The molecule has 17 heavy (non-hydrogen) atoms. The summed E-state index contributed by atoms with van der Waals surface area (Å²) in [5.41, 5.74) is 2.19. The van der Waals surface area contributed by atoms with Gasteiger partial charge in [-0.1, -0.05) is 18.2 Å². The van der Waals surface area contributed by atoms with Crippen molar-refractivity contribution in [3.05, 3.63) is 48.0 Å². The minimum absolute atomic E-state index is 0.100. The van der Waals surface area contributed by atoms with Crippen LogP contribution in [0.25, 0.3) is 5.69 Å². The maximum absolute atomic E-state index is 10.6. The molecule has 1 N–H and O–H groups in total. The van der Waals surface area contributed by atoms with E-state index in [2.05, 4.69) is 4.98 Å². The van der Waals surface area contributed by atoms with Gasteiger partial charge < -0.3 is 9.67 Å². The minimum Gasteiger partial charge on any atom is -0.481 e. The lowest BCUT2D eigenvalue weighted by Crippen LogP contribution is -2.05. The summed E-state index contributed by atoms with van der Waals surface area (Å²) in [6.07, 6.45) is 4.10. The Bertz CT molecular complexity index is 532. The van der Waals surface area contributed by atoms with Crippen LogP contribution in [0.2, 0.25) is 0 Å². The zero-order valence-electron chi connectivity index (χ0n) is 9.63. The quantitative estimate of drug-likeness (QED) is 0.876. The molecule has 2 rings (SSSR count). The van der Waals surface area contributed by atoms with Crippen LogP contribution in [-0.2, 0) is 11.2 Å². The fourth-order valence-corrected chi connectivity index (χ4v) is 1.79. The van der Waals surface area contributed by atoms with Gasteiger partial charge in [-0.15, -0.1) is 0 Å². The molecule has 0 saturated heterocycles. The molecule has 2 aromatic rings. The predicted molar refractivity (Wildman–Crippen MR) is 64.3 cm³/mol. The van der Waals surface area contributed by atoms with Gasteiger partial charge >= 0.3 is 5.97 Å². The average molecular weight is 230 g/mol. The second-order valence-electron chi connectivity index (χ2n) is 3.89. The molecular weight excluding hydrogens is 216 g/mol. The Balaban J connectivity index is 2.31. The topological polar surface area (TPSA) is 55.1 Å². The van der Waals surface area contributed by atoms with Crippen LogP contribution in [0.5, 0.6) is 0 Å². The largest absolute Gasteiger partial charge is 0.481 e. The van der Waals surface area contributed by atoms with Gasteiger partial charge in [0, 0.05) is 24.5 Å². The van der Waals surface area contributed by atoms with Crippen LogP contribution in [0.1, 0.15) is 17.8 Å². The van der Waals surface area contributed by atoms with Gasteiger partial charge in [0.15, 0.2) is 0 Å². The van der Waals surface area contributed by atoms with Gasteiger partial charge in [-0.2, -0.15) is 0 Å². The molecule has 0 spiro atoms. The molecular formula is C13H14N2O2. The van der Waals surface area contributed by atoms with Crippen molar-refractivity contribution in [1.82, 2.24) is 9.55 Å². The molecule has 0 amide bonds. The molecule has 0 fully saturated rings. The lowest BCUT2D eigenvalue weighted by Gasteiger charge is -2.09. The first-order valence-corrected chi connectivity index (χ1v) is 5.48. The summed E-state index contributed by atoms with van der Waals surface area (Å²) in [5, 5.41) is 8.69. The van der Waals surface area contributed by atoms with Crippen molar-refractivity contribution in [2.45, 2.75) is 19.8 Å². The van der Waals surface area contributed by atoms with E-state index >= 15 is 0 Å². The molecule has 0 radical (unpaired) electrons. The van der Waals surface area contributed by atoms with Crippen molar-refractivity contribution in [1.29, 1.82) is 0 Å². The van der Waals surface area contributed by atoms with Crippen LogP contribution < -0.4 is 0 Å².